The number of hydrogen-bond donors (Lipinski definition) is 0. The van der Waals surface area contributed by atoms with Crippen LogP contribution in [0.1, 0.15) is 42.6 Å². The van der Waals surface area contributed by atoms with Crippen molar-refractivity contribution in [1.82, 2.24) is 4.57 Å². The summed E-state index contributed by atoms with van der Waals surface area (Å²) in [5.41, 5.74) is 1.65. The molecule has 1 aliphatic carbocycles. The van der Waals surface area contributed by atoms with Gasteiger partial charge in [-0.05, 0) is 30.0 Å². The van der Waals surface area contributed by atoms with Crippen LogP contribution in [0.25, 0.3) is 10.2 Å². The van der Waals surface area contributed by atoms with Crippen molar-refractivity contribution in [1.29, 1.82) is 0 Å². The molecule has 126 valence electrons. The number of hydrogen-bond acceptors (Lipinski definition) is 5. The molecule has 0 saturated heterocycles. The molecular weight excluding hydrogens is 326 g/mol. The summed E-state index contributed by atoms with van der Waals surface area (Å²) >= 11 is 1.15. The number of fused-ring (bicyclic) bond motifs is 1. The minimum absolute atomic E-state index is 0.0264. The lowest BCUT2D eigenvalue weighted by Crippen LogP contribution is -2.24. The van der Waals surface area contributed by atoms with E-state index in [4.69, 9.17) is 4.74 Å². The van der Waals surface area contributed by atoms with E-state index in [1.54, 1.807) is 30.7 Å². The molecule has 0 unspecified atom stereocenters. The molecule has 24 heavy (non-hydrogen) atoms. The Morgan fingerprint density at radius 3 is 2.62 bits per heavy atom. The number of nitrogens with zero attached hydrogens (tertiary/aromatic N) is 1. The van der Waals surface area contributed by atoms with Crippen molar-refractivity contribution in [2.45, 2.75) is 33.6 Å². The van der Waals surface area contributed by atoms with Gasteiger partial charge in [-0.15, -0.1) is 0 Å². The first-order chi connectivity index (χ1) is 11.2. The van der Waals surface area contributed by atoms with E-state index in [9.17, 15) is 14.4 Å². The van der Waals surface area contributed by atoms with Gasteiger partial charge in [0, 0.05) is 26.0 Å². The Labute approximate surface area is 143 Å². The lowest BCUT2D eigenvalue weighted by molar-refractivity contribution is -0.117. The van der Waals surface area contributed by atoms with Crippen LogP contribution >= 0.6 is 11.3 Å². The number of carbonyl (C=O) groups excluding carboxylic acids is 2. The van der Waals surface area contributed by atoms with Crippen molar-refractivity contribution >= 4 is 33.3 Å². The maximum atomic E-state index is 12.6. The molecule has 0 aliphatic heterocycles. The quantitative estimate of drug-likeness (QED) is 0.783. The lowest BCUT2D eigenvalue weighted by Gasteiger charge is -2.28. The maximum absolute atomic E-state index is 12.6. The molecule has 0 radical (unpaired) electrons. The Balaban J connectivity index is 1.95. The van der Waals surface area contributed by atoms with Gasteiger partial charge in [0.1, 0.15) is 5.76 Å². The van der Waals surface area contributed by atoms with Gasteiger partial charge in [-0.3, -0.25) is 9.59 Å². The van der Waals surface area contributed by atoms with E-state index in [0.29, 0.717) is 29.7 Å². The fraction of sp³-hybridized carbons (Fsp3) is 0.389. The minimum Gasteiger partial charge on any atom is -0.427 e. The molecule has 0 atom stereocenters. The second-order valence-electron chi connectivity index (χ2n) is 7.00. The molecule has 3 rings (SSSR count). The monoisotopic (exact) mass is 345 g/mol. The standard InChI is InChI=1S/C18H19NO4S/c1-10-13(5-6-14-15(10)19(4)17(22)24-14)16(21)23-12-7-11(20)8-18(2,3)9-12/h5-7H,8-9H2,1-4H3. The van der Waals surface area contributed by atoms with Crippen LogP contribution in [0, 0.1) is 12.3 Å². The molecule has 6 heteroatoms. The van der Waals surface area contributed by atoms with Crippen molar-refractivity contribution in [3.05, 3.63) is 44.8 Å². The first-order valence-electron chi connectivity index (χ1n) is 7.73. The van der Waals surface area contributed by atoms with Gasteiger partial charge in [0.15, 0.2) is 5.78 Å². The molecule has 0 spiro atoms. The number of esters is 1. The number of carbonyl (C=O) groups is 2. The predicted octanol–water partition coefficient (Wildman–Crippen LogP) is 3.34. The van der Waals surface area contributed by atoms with E-state index in [0.717, 1.165) is 21.6 Å². The summed E-state index contributed by atoms with van der Waals surface area (Å²) in [6.07, 6.45) is 2.41. The summed E-state index contributed by atoms with van der Waals surface area (Å²) in [6.45, 7) is 5.75. The third-order valence-corrected chi connectivity index (χ3v) is 5.27. The molecule has 1 aromatic carbocycles. The zero-order valence-corrected chi connectivity index (χ0v) is 15.0. The summed E-state index contributed by atoms with van der Waals surface area (Å²) in [6, 6.07) is 3.43. The van der Waals surface area contributed by atoms with Gasteiger partial charge in [-0.1, -0.05) is 25.2 Å². The van der Waals surface area contributed by atoms with Crippen molar-refractivity contribution in [2.24, 2.45) is 12.5 Å². The normalized spacial score (nSPS) is 17.0. The topological polar surface area (TPSA) is 65.4 Å². The number of rotatable bonds is 2. The number of allylic oxidation sites excluding steroid dienone is 2. The van der Waals surface area contributed by atoms with E-state index >= 15 is 0 Å². The summed E-state index contributed by atoms with van der Waals surface area (Å²) in [4.78, 5) is 36.1. The highest BCUT2D eigenvalue weighted by molar-refractivity contribution is 7.16. The molecule has 1 aromatic heterocycles. The highest BCUT2D eigenvalue weighted by Crippen LogP contribution is 2.34. The van der Waals surface area contributed by atoms with Crippen LogP contribution in [0.4, 0.5) is 0 Å². The van der Waals surface area contributed by atoms with Crippen LogP contribution in [-0.4, -0.2) is 16.3 Å². The van der Waals surface area contributed by atoms with Crippen LogP contribution in [-0.2, 0) is 16.6 Å². The smallest absolute Gasteiger partial charge is 0.343 e. The third kappa shape index (κ3) is 2.94. The van der Waals surface area contributed by atoms with Gasteiger partial charge in [-0.25, -0.2) is 4.79 Å². The Hall–Kier alpha value is -2.21. The molecule has 0 saturated carbocycles. The van der Waals surface area contributed by atoms with E-state index in [1.165, 1.54) is 6.08 Å². The highest BCUT2D eigenvalue weighted by Gasteiger charge is 2.30. The van der Waals surface area contributed by atoms with E-state index in [-0.39, 0.29) is 16.1 Å². The maximum Gasteiger partial charge on any atom is 0.343 e. The molecule has 1 aliphatic rings. The molecule has 1 heterocycles. The summed E-state index contributed by atoms with van der Waals surface area (Å²) < 4.78 is 7.86. The fourth-order valence-electron chi connectivity index (χ4n) is 3.18. The Kier molecular flexibility index (Phi) is 3.95. The van der Waals surface area contributed by atoms with Crippen molar-refractivity contribution in [2.75, 3.05) is 0 Å². The number of ketones is 1. The van der Waals surface area contributed by atoms with Crippen LogP contribution < -0.4 is 4.87 Å². The predicted molar refractivity (Wildman–Crippen MR) is 93.3 cm³/mol. The van der Waals surface area contributed by atoms with Crippen LogP contribution in [0.2, 0.25) is 0 Å². The Morgan fingerprint density at radius 2 is 1.96 bits per heavy atom. The fourth-order valence-corrected chi connectivity index (χ4v) is 4.12. The van der Waals surface area contributed by atoms with E-state index in [2.05, 4.69) is 0 Å². The van der Waals surface area contributed by atoms with Crippen LogP contribution in [0.15, 0.2) is 28.8 Å². The number of aryl methyl sites for hydroxylation is 2. The number of ether oxygens (including phenoxy) is 1. The molecule has 0 bridgehead atoms. The van der Waals surface area contributed by atoms with Gasteiger partial charge in [0.25, 0.3) is 0 Å². The lowest BCUT2D eigenvalue weighted by atomic mass is 9.79. The average Bonchev–Trinajstić information content (AvgIpc) is 2.72. The van der Waals surface area contributed by atoms with Crippen LogP contribution in [0.5, 0.6) is 0 Å². The Bertz CT molecular complexity index is 946. The van der Waals surface area contributed by atoms with Gasteiger partial charge in [0.2, 0.25) is 0 Å². The largest absolute Gasteiger partial charge is 0.427 e. The summed E-state index contributed by atoms with van der Waals surface area (Å²) in [5.74, 6) is -0.119. The molecule has 0 N–H and O–H groups in total. The van der Waals surface area contributed by atoms with Crippen molar-refractivity contribution in [3.63, 3.8) is 0 Å². The van der Waals surface area contributed by atoms with Gasteiger partial charge in [-0.2, -0.15) is 0 Å². The second-order valence-corrected chi connectivity index (χ2v) is 7.99. The zero-order chi connectivity index (χ0) is 17.6. The number of thiazole rings is 1. The zero-order valence-electron chi connectivity index (χ0n) is 14.1. The second kappa shape index (κ2) is 5.70. The summed E-state index contributed by atoms with van der Waals surface area (Å²) in [5, 5.41) is 0. The molecular formula is C18H19NO4S. The van der Waals surface area contributed by atoms with Crippen molar-refractivity contribution < 1.29 is 14.3 Å². The van der Waals surface area contributed by atoms with Gasteiger partial charge < -0.3 is 9.30 Å². The number of aromatic nitrogens is 1. The SMILES string of the molecule is Cc1c(C(=O)OC2=CC(=O)CC(C)(C)C2)ccc2sc(=O)n(C)c12. The van der Waals surface area contributed by atoms with E-state index in [1.807, 2.05) is 13.8 Å². The minimum atomic E-state index is -0.496. The van der Waals surface area contributed by atoms with Crippen LogP contribution in [0.3, 0.4) is 0 Å². The third-order valence-electron chi connectivity index (χ3n) is 4.27. The van der Waals surface area contributed by atoms with Gasteiger partial charge >= 0.3 is 10.8 Å². The first-order valence-corrected chi connectivity index (χ1v) is 8.54. The molecule has 0 fully saturated rings. The van der Waals surface area contributed by atoms with Gasteiger partial charge in [0.05, 0.1) is 15.8 Å². The number of benzene rings is 1. The molecule has 5 nitrogen and oxygen atoms in total. The average molecular weight is 345 g/mol. The molecule has 0 amide bonds. The highest BCUT2D eigenvalue weighted by atomic mass is 32.1. The first kappa shape index (κ1) is 16.6. The Morgan fingerprint density at radius 1 is 1.25 bits per heavy atom. The molecule has 2 aromatic rings. The summed E-state index contributed by atoms with van der Waals surface area (Å²) in [7, 11) is 1.69. The van der Waals surface area contributed by atoms with Crippen molar-refractivity contribution in [3.8, 4) is 0 Å². The van der Waals surface area contributed by atoms with E-state index < -0.39 is 5.97 Å².